The number of nitrogens with one attached hydrogen (secondary N) is 1. The van der Waals surface area contributed by atoms with Crippen LogP contribution in [0.3, 0.4) is 0 Å². The predicted molar refractivity (Wildman–Crippen MR) is 59.8 cm³/mol. The van der Waals surface area contributed by atoms with Gasteiger partial charge in [0.2, 0.25) is 0 Å². The third-order valence-electron chi connectivity index (χ3n) is 3.68. The van der Waals surface area contributed by atoms with E-state index in [0.717, 1.165) is 25.7 Å². The summed E-state index contributed by atoms with van der Waals surface area (Å²) in [5.41, 5.74) is 2.91. The molecule has 1 aromatic carbocycles. The fraction of sp³-hybridized carbons (Fsp3) is 0.538. The highest BCUT2D eigenvalue weighted by molar-refractivity contribution is 5.32. The largest absolute Gasteiger partial charge is 0.376 e. The van der Waals surface area contributed by atoms with Gasteiger partial charge in [0, 0.05) is 5.92 Å². The Labute approximate surface area is 90.6 Å². The number of benzene rings is 1. The van der Waals surface area contributed by atoms with Crippen LogP contribution < -0.4 is 5.32 Å². The van der Waals surface area contributed by atoms with E-state index < -0.39 is 0 Å². The van der Waals surface area contributed by atoms with Gasteiger partial charge in [0.25, 0.3) is 0 Å². The zero-order valence-corrected chi connectivity index (χ0v) is 8.91. The second-order valence-electron chi connectivity index (χ2n) is 4.57. The second kappa shape index (κ2) is 3.95. The Morgan fingerprint density at radius 2 is 2.20 bits per heavy atom. The van der Waals surface area contributed by atoms with Crippen LogP contribution in [-0.4, -0.2) is 19.7 Å². The maximum Gasteiger partial charge on any atom is 0.0719 e. The molecule has 0 aromatic heterocycles. The van der Waals surface area contributed by atoms with Crippen molar-refractivity contribution in [2.75, 3.05) is 19.7 Å². The van der Waals surface area contributed by atoms with Gasteiger partial charge in [-0.2, -0.15) is 0 Å². The van der Waals surface area contributed by atoms with Crippen LogP contribution in [0.4, 0.5) is 0 Å². The standard InChI is InChI=1S/C13H17NO/c1-2-4-12-11(3-1)8-15-9-13(12)10-5-6-14-7-10/h1-4,10,13-14H,5-9H2. The van der Waals surface area contributed by atoms with Crippen LogP contribution in [0.15, 0.2) is 24.3 Å². The molecular formula is C13H17NO. The van der Waals surface area contributed by atoms with E-state index in [9.17, 15) is 0 Å². The summed E-state index contributed by atoms with van der Waals surface area (Å²) in [7, 11) is 0. The summed E-state index contributed by atoms with van der Waals surface area (Å²) in [6.45, 7) is 4.03. The van der Waals surface area contributed by atoms with E-state index in [2.05, 4.69) is 29.6 Å². The van der Waals surface area contributed by atoms with Gasteiger partial charge >= 0.3 is 0 Å². The van der Waals surface area contributed by atoms with Crippen LogP contribution in [0.1, 0.15) is 23.5 Å². The van der Waals surface area contributed by atoms with Gasteiger partial charge in [0.05, 0.1) is 13.2 Å². The van der Waals surface area contributed by atoms with Crippen molar-refractivity contribution in [3.8, 4) is 0 Å². The second-order valence-corrected chi connectivity index (χ2v) is 4.57. The molecule has 2 heterocycles. The number of hydrogen-bond donors (Lipinski definition) is 1. The van der Waals surface area contributed by atoms with Crippen molar-refractivity contribution in [2.45, 2.75) is 18.9 Å². The summed E-state index contributed by atoms with van der Waals surface area (Å²) in [6, 6.07) is 8.74. The molecule has 2 atom stereocenters. The highest BCUT2D eigenvalue weighted by atomic mass is 16.5. The Kier molecular flexibility index (Phi) is 2.47. The average molecular weight is 203 g/mol. The maximum atomic E-state index is 5.69. The van der Waals surface area contributed by atoms with E-state index in [-0.39, 0.29) is 0 Å². The summed E-state index contributed by atoms with van der Waals surface area (Å²) in [5.74, 6) is 1.39. The first-order chi connectivity index (χ1) is 7.45. The maximum absolute atomic E-state index is 5.69. The van der Waals surface area contributed by atoms with E-state index in [1.54, 1.807) is 0 Å². The topological polar surface area (TPSA) is 21.3 Å². The molecule has 1 saturated heterocycles. The Morgan fingerprint density at radius 1 is 1.27 bits per heavy atom. The van der Waals surface area contributed by atoms with E-state index in [1.165, 1.54) is 24.1 Å². The molecule has 0 aliphatic carbocycles. The smallest absolute Gasteiger partial charge is 0.0719 e. The van der Waals surface area contributed by atoms with Crippen molar-refractivity contribution in [2.24, 2.45) is 5.92 Å². The lowest BCUT2D eigenvalue weighted by Crippen LogP contribution is -2.25. The van der Waals surface area contributed by atoms with Crippen LogP contribution in [0.25, 0.3) is 0 Å². The number of hydrogen-bond acceptors (Lipinski definition) is 2. The van der Waals surface area contributed by atoms with E-state index in [4.69, 9.17) is 4.74 Å². The third kappa shape index (κ3) is 1.68. The molecule has 0 amide bonds. The number of rotatable bonds is 1. The van der Waals surface area contributed by atoms with Gasteiger partial charge in [-0.15, -0.1) is 0 Å². The lowest BCUT2D eigenvalue weighted by Gasteiger charge is -2.29. The monoisotopic (exact) mass is 203 g/mol. The fourth-order valence-corrected chi connectivity index (χ4v) is 2.82. The zero-order valence-electron chi connectivity index (χ0n) is 8.91. The van der Waals surface area contributed by atoms with Gasteiger partial charge in [-0.1, -0.05) is 24.3 Å². The third-order valence-corrected chi connectivity index (χ3v) is 3.68. The normalized spacial score (nSPS) is 30.1. The zero-order chi connectivity index (χ0) is 10.1. The molecule has 0 radical (unpaired) electrons. The van der Waals surface area contributed by atoms with Crippen LogP contribution in [0, 0.1) is 5.92 Å². The predicted octanol–water partition coefficient (Wildman–Crippen LogP) is 1.91. The molecule has 1 N–H and O–H groups in total. The Balaban J connectivity index is 1.91. The van der Waals surface area contributed by atoms with E-state index in [0.29, 0.717) is 5.92 Å². The van der Waals surface area contributed by atoms with Crippen molar-refractivity contribution in [3.05, 3.63) is 35.4 Å². The Bertz CT molecular complexity index is 344. The highest BCUT2D eigenvalue weighted by Gasteiger charge is 2.29. The summed E-state index contributed by atoms with van der Waals surface area (Å²) < 4.78 is 5.69. The Morgan fingerprint density at radius 3 is 3.07 bits per heavy atom. The van der Waals surface area contributed by atoms with Crippen LogP contribution >= 0.6 is 0 Å². The first kappa shape index (κ1) is 9.37. The molecule has 2 aliphatic heterocycles. The molecular weight excluding hydrogens is 186 g/mol. The molecule has 2 unspecified atom stereocenters. The van der Waals surface area contributed by atoms with Gasteiger partial charge in [0.1, 0.15) is 0 Å². The molecule has 1 aromatic rings. The molecule has 0 bridgehead atoms. The first-order valence-electron chi connectivity index (χ1n) is 5.81. The van der Waals surface area contributed by atoms with Crippen molar-refractivity contribution in [3.63, 3.8) is 0 Å². The minimum Gasteiger partial charge on any atom is -0.376 e. The van der Waals surface area contributed by atoms with E-state index >= 15 is 0 Å². The molecule has 15 heavy (non-hydrogen) atoms. The minimum absolute atomic E-state index is 0.616. The molecule has 80 valence electrons. The average Bonchev–Trinajstić information content (AvgIpc) is 2.82. The van der Waals surface area contributed by atoms with Crippen LogP contribution in [-0.2, 0) is 11.3 Å². The SMILES string of the molecule is c1ccc2c(c1)COCC2C1CCNC1. The van der Waals surface area contributed by atoms with Gasteiger partial charge in [-0.3, -0.25) is 0 Å². The summed E-state index contributed by atoms with van der Waals surface area (Å²) in [4.78, 5) is 0. The molecule has 0 saturated carbocycles. The lowest BCUT2D eigenvalue weighted by molar-refractivity contribution is 0.0771. The fourth-order valence-electron chi connectivity index (χ4n) is 2.82. The van der Waals surface area contributed by atoms with Crippen molar-refractivity contribution < 1.29 is 4.74 Å². The Hall–Kier alpha value is -0.860. The molecule has 0 spiro atoms. The van der Waals surface area contributed by atoms with Gasteiger partial charge in [-0.05, 0) is 36.6 Å². The van der Waals surface area contributed by atoms with Gasteiger partial charge < -0.3 is 10.1 Å². The van der Waals surface area contributed by atoms with Crippen molar-refractivity contribution in [1.29, 1.82) is 0 Å². The first-order valence-corrected chi connectivity index (χ1v) is 5.81. The van der Waals surface area contributed by atoms with Crippen molar-refractivity contribution >= 4 is 0 Å². The number of ether oxygens (including phenoxy) is 1. The highest BCUT2D eigenvalue weighted by Crippen LogP contribution is 2.34. The molecule has 2 heteroatoms. The van der Waals surface area contributed by atoms with Crippen molar-refractivity contribution in [1.82, 2.24) is 5.32 Å². The molecule has 2 aliphatic rings. The van der Waals surface area contributed by atoms with E-state index in [1.807, 2.05) is 0 Å². The van der Waals surface area contributed by atoms with Gasteiger partial charge in [0.15, 0.2) is 0 Å². The summed E-state index contributed by atoms with van der Waals surface area (Å²) in [6.07, 6.45) is 1.29. The quantitative estimate of drug-likeness (QED) is 0.753. The molecule has 1 fully saturated rings. The minimum atomic E-state index is 0.616. The van der Waals surface area contributed by atoms with Crippen LogP contribution in [0.2, 0.25) is 0 Å². The summed E-state index contributed by atoms with van der Waals surface area (Å²) >= 11 is 0. The van der Waals surface area contributed by atoms with Gasteiger partial charge in [-0.25, -0.2) is 0 Å². The lowest BCUT2D eigenvalue weighted by atomic mass is 9.82. The van der Waals surface area contributed by atoms with Crippen LogP contribution in [0.5, 0.6) is 0 Å². The molecule has 2 nitrogen and oxygen atoms in total. The molecule has 3 rings (SSSR count). The summed E-state index contributed by atoms with van der Waals surface area (Å²) in [5, 5.41) is 3.44. The number of fused-ring (bicyclic) bond motifs is 1.